The summed E-state index contributed by atoms with van der Waals surface area (Å²) in [5.41, 5.74) is 1.02. The number of alkyl halides is 3. The number of carbonyl (C=O) groups excluding carboxylic acids is 2. The number of carbonyl (C=O) groups is 2. The molecule has 1 fully saturated rings. The van der Waals surface area contributed by atoms with Gasteiger partial charge >= 0.3 is 12.1 Å². The normalized spacial score (nSPS) is 17.2. The predicted molar refractivity (Wildman–Crippen MR) is 149 cm³/mol. The first-order valence-electron chi connectivity index (χ1n) is 13.9. The van der Waals surface area contributed by atoms with Gasteiger partial charge in [0.15, 0.2) is 0 Å². The molecule has 0 bridgehead atoms. The quantitative estimate of drug-likeness (QED) is 0.222. The summed E-state index contributed by atoms with van der Waals surface area (Å²) in [6.07, 6.45) is 2.58. The van der Waals surface area contributed by atoms with Crippen LogP contribution in [0.5, 0.6) is 0 Å². The van der Waals surface area contributed by atoms with Crippen LogP contribution in [0.3, 0.4) is 0 Å². The van der Waals surface area contributed by atoms with Crippen molar-refractivity contribution in [3.8, 4) is 0 Å². The van der Waals surface area contributed by atoms with Gasteiger partial charge in [0.25, 0.3) is 5.91 Å². The number of anilines is 1. The number of fused-ring (bicyclic) bond motifs is 1. The molecule has 3 heterocycles. The number of rotatable bonds is 9. The fourth-order valence-electron chi connectivity index (χ4n) is 5.18. The molecule has 42 heavy (non-hydrogen) atoms. The van der Waals surface area contributed by atoms with E-state index in [0.717, 1.165) is 49.1 Å². The van der Waals surface area contributed by atoms with Crippen LogP contribution in [0, 0.1) is 5.92 Å². The van der Waals surface area contributed by atoms with Gasteiger partial charge in [-0.1, -0.05) is 36.4 Å². The largest absolute Gasteiger partial charge is 0.462 e. The van der Waals surface area contributed by atoms with Gasteiger partial charge in [0, 0.05) is 24.9 Å². The zero-order valence-electron chi connectivity index (χ0n) is 23.1. The lowest BCUT2D eigenvalue weighted by Crippen LogP contribution is -2.19. The van der Waals surface area contributed by atoms with Gasteiger partial charge in [0.05, 0.1) is 30.2 Å². The summed E-state index contributed by atoms with van der Waals surface area (Å²) in [7, 11) is 0. The van der Waals surface area contributed by atoms with Crippen LogP contribution < -0.4 is 5.32 Å². The number of hydrogen-bond acceptors (Lipinski definition) is 6. The standard InChI is InChI=1S/C31H31F3N4O4/c1-2-42-30(40)23-15-28-36-25(22-13-11-21(12-14-22)19-41-18-20-7-4-3-5-8-20)16-38(28)17-26(23)37-29(39)24-9-6-10-27(35-24)31(32,33)34/h3-10,15-17,21-22H,2,11-14,18-19H2,1H3,(H,37,39). The number of aromatic nitrogens is 3. The molecule has 5 rings (SSSR count). The van der Waals surface area contributed by atoms with Gasteiger partial charge in [-0.3, -0.25) is 4.79 Å². The first-order chi connectivity index (χ1) is 20.2. The average molecular weight is 581 g/mol. The molecule has 220 valence electrons. The summed E-state index contributed by atoms with van der Waals surface area (Å²) in [4.78, 5) is 33.8. The number of pyridine rings is 2. The van der Waals surface area contributed by atoms with E-state index < -0.39 is 29.4 Å². The molecule has 1 N–H and O–H groups in total. The molecule has 11 heteroatoms. The highest BCUT2D eigenvalue weighted by molar-refractivity contribution is 6.07. The molecule has 0 atom stereocenters. The summed E-state index contributed by atoms with van der Waals surface area (Å²) < 4.78 is 52.1. The van der Waals surface area contributed by atoms with E-state index >= 15 is 0 Å². The highest BCUT2D eigenvalue weighted by Crippen LogP contribution is 2.36. The van der Waals surface area contributed by atoms with Gasteiger partial charge in [0.1, 0.15) is 17.0 Å². The van der Waals surface area contributed by atoms with Gasteiger partial charge in [-0.25, -0.2) is 14.8 Å². The SMILES string of the molecule is CCOC(=O)c1cc2nc(C3CCC(COCc4ccccc4)CC3)cn2cc1NC(=O)c1cccc(C(F)(F)F)n1. The maximum atomic E-state index is 13.1. The second-order valence-electron chi connectivity index (χ2n) is 10.3. The van der Waals surface area contributed by atoms with Crippen LogP contribution in [0.1, 0.15) is 76.3 Å². The lowest BCUT2D eigenvalue weighted by atomic mass is 9.81. The minimum Gasteiger partial charge on any atom is -0.462 e. The summed E-state index contributed by atoms with van der Waals surface area (Å²) >= 11 is 0. The minimum absolute atomic E-state index is 0.0427. The van der Waals surface area contributed by atoms with E-state index in [1.165, 1.54) is 18.3 Å². The Kier molecular flexibility index (Phi) is 8.86. The molecule has 0 aliphatic heterocycles. The second kappa shape index (κ2) is 12.7. The lowest BCUT2D eigenvalue weighted by Gasteiger charge is -2.27. The fraction of sp³-hybridized carbons (Fsp3) is 0.355. The van der Waals surface area contributed by atoms with E-state index in [4.69, 9.17) is 14.5 Å². The number of nitrogens with zero attached hydrogens (tertiary/aromatic N) is 3. The number of benzene rings is 1. The number of nitrogens with one attached hydrogen (secondary N) is 1. The van der Waals surface area contributed by atoms with Crippen molar-refractivity contribution in [3.05, 3.63) is 95.2 Å². The van der Waals surface area contributed by atoms with Crippen molar-refractivity contribution in [1.82, 2.24) is 14.4 Å². The molecule has 1 aliphatic carbocycles. The van der Waals surface area contributed by atoms with Crippen LogP contribution in [0.2, 0.25) is 0 Å². The van der Waals surface area contributed by atoms with Crippen molar-refractivity contribution >= 4 is 23.2 Å². The Hall–Kier alpha value is -4.25. The van der Waals surface area contributed by atoms with Gasteiger partial charge in [-0.05, 0) is 62.3 Å². The van der Waals surface area contributed by atoms with Crippen LogP contribution in [-0.2, 0) is 22.3 Å². The van der Waals surface area contributed by atoms with Crippen LogP contribution in [0.4, 0.5) is 18.9 Å². The number of halogens is 3. The molecular formula is C31H31F3N4O4. The third-order valence-electron chi connectivity index (χ3n) is 7.36. The molecule has 1 aliphatic rings. The van der Waals surface area contributed by atoms with Crippen molar-refractivity contribution < 1.29 is 32.2 Å². The van der Waals surface area contributed by atoms with E-state index in [0.29, 0.717) is 24.8 Å². The zero-order valence-corrected chi connectivity index (χ0v) is 23.1. The highest BCUT2D eigenvalue weighted by atomic mass is 19.4. The van der Waals surface area contributed by atoms with Gasteiger partial charge in [-0.2, -0.15) is 13.2 Å². The smallest absolute Gasteiger partial charge is 0.433 e. The summed E-state index contributed by atoms with van der Waals surface area (Å²) in [6, 6.07) is 14.6. The minimum atomic E-state index is -4.70. The van der Waals surface area contributed by atoms with E-state index in [9.17, 15) is 22.8 Å². The maximum absolute atomic E-state index is 13.1. The Bertz CT molecular complexity index is 1550. The van der Waals surface area contributed by atoms with Crippen molar-refractivity contribution in [2.24, 2.45) is 5.92 Å². The lowest BCUT2D eigenvalue weighted by molar-refractivity contribution is -0.141. The molecule has 0 spiro atoms. The van der Waals surface area contributed by atoms with Gasteiger partial charge < -0.3 is 19.2 Å². The predicted octanol–water partition coefficient (Wildman–Crippen LogP) is 6.67. The number of hydrogen-bond donors (Lipinski definition) is 1. The highest BCUT2D eigenvalue weighted by Gasteiger charge is 2.33. The molecule has 0 unspecified atom stereocenters. The maximum Gasteiger partial charge on any atom is 0.433 e. The van der Waals surface area contributed by atoms with E-state index in [2.05, 4.69) is 10.3 Å². The molecule has 8 nitrogen and oxygen atoms in total. The number of imidazole rings is 1. The number of amides is 1. The first-order valence-corrected chi connectivity index (χ1v) is 13.9. The van der Waals surface area contributed by atoms with Gasteiger partial charge in [-0.15, -0.1) is 0 Å². The second-order valence-corrected chi connectivity index (χ2v) is 10.3. The molecule has 4 aromatic rings. The third kappa shape index (κ3) is 6.96. The third-order valence-corrected chi connectivity index (χ3v) is 7.36. The molecular weight excluding hydrogens is 549 g/mol. The summed E-state index contributed by atoms with van der Waals surface area (Å²) in [5, 5.41) is 2.53. The molecule has 1 saturated carbocycles. The monoisotopic (exact) mass is 580 g/mol. The van der Waals surface area contributed by atoms with E-state index in [1.54, 1.807) is 11.3 Å². The van der Waals surface area contributed by atoms with E-state index in [1.807, 2.05) is 36.5 Å². The van der Waals surface area contributed by atoms with Crippen molar-refractivity contribution in [2.45, 2.75) is 51.3 Å². The van der Waals surface area contributed by atoms with Crippen molar-refractivity contribution in [1.29, 1.82) is 0 Å². The Morgan fingerprint density at radius 3 is 2.48 bits per heavy atom. The Balaban J connectivity index is 1.29. The van der Waals surface area contributed by atoms with Crippen LogP contribution in [-0.4, -0.2) is 39.5 Å². The Morgan fingerprint density at radius 1 is 1.00 bits per heavy atom. The topological polar surface area (TPSA) is 94.8 Å². The Labute approximate surface area is 240 Å². The summed E-state index contributed by atoms with van der Waals surface area (Å²) in [5.74, 6) is -0.871. The molecule has 3 aromatic heterocycles. The molecule has 0 radical (unpaired) electrons. The molecule has 1 amide bonds. The van der Waals surface area contributed by atoms with E-state index in [-0.39, 0.29) is 23.8 Å². The van der Waals surface area contributed by atoms with Crippen molar-refractivity contribution in [3.63, 3.8) is 0 Å². The van der Waals surface area contributed by atoms with Crippen LogP contribution >= 0.6 is 0 Å². The van der Waals surface area contributed by atoms with Crippen LogP contribution in [0.15, 0.2) is 67.0 Å². The Morgan fingerprint density at radius 2 is 1.76 bits per heavy atom. The first kappa shape index (κ1) is 29.2. The summed E-state index contributed by atoms with van der Waals surface area (Å²) in [6.45, 7) is 3.06. The van der Waals surface area contributed by atoms with Gasteiger partial charge in [0.2, 0.25) is 0 Å². The average Bonchev–Trinajstić information content (AvgIpc) is 3.40. The number of ether oxygens (including phenoxy) is 2. The molecule has 0 saturated heterocycles. The van der Waals surface area contributed by atoms with Crippen molar-refractivity contribution in [2.75, 3.05) is 18.5 Å². The molecule has 1 aromatic carbocycles. The zero-order chi connectivity index (χ0) is 29.7. The van der Waals surface area contributed by atoms with Crippen LogP contribution in [0.25, 0.3) is 5.65 Å². The number of esters is 1. The fourth-order valence-corrected chi connectivity index (χ4v) is 5.18.